The van der Waals surface area contributed by atoms with Crippen molar-refractivity contribution in [2.45, 2.75) is 45.4 Å². The van der Waals surface area contributed by atoms with Crippen LogP contribution < -0.4 is 0 Å². The molecule has 2 aromatic carbocycles. The lowest BCUT2D eigenvalue weighted by molar-refractivity contribution is 0.0487. The molecule has 0 atom stereocenters. The maximum Gasteiger partial charge on any atom is 0.339 e. The summed E-state index contributed by atoms with van der Waals surface area (Å²) in [6, 6.07) is 11.6. The summed E-state index contributed by atoms with van der Waals surface area (Å²) < 4.78 is 5.12. The summed E-state index contributed by atoms with van der Waals surface area (Å²) in [5.74, 6) is -4.13. The monoisotopic (exact) mass is 444 g/mol. The number of ether oxygens (including phenoxy) is 1. The zero-order chi connectivity index (χ0) is 23.9. The summed E-state index contributed by atoms with van der Waals surface area (Å²) >= 11 is 0. The van der Waals surface area contributed by atoms with Crippen LogP contribution in [-0.2, 0) is 4.74 Å². The summed E-state index contributed by atoms with van der Waals surface area (Å²) in [5, 5.41) is 26.1. The summed E-state index contributed by atoms with van der Waals surface area (Å²) in [4.78, 5) is 43.7. The van der Waals surface area contributed by atoms with E-state index in [-0.39, 0.29) is 22.3 Å². The molecule has 0 bridgehead atoms. The molecule has 0 aromatic heterocycles. The third-order valence-corrected chi connectivity index (χ3v) is 4.50. The molecule has 0 heterocycles. The number of benzene rings is 2. The van der Waals surface area contributed by atoms with Gasteiger partial charge >= 0.3 is 23.9 Å². The van der Waals surface area contributed by atoms with E-state index in [9.17, 15) is 19.2 Å². The van der Waals surface area contributed by atoms with E-state index >= 15 is 0 Å². The Hall–Kier alpha value is -3.68. The first-order chi connectivity index (χ1) is 15.3. The smallest absolute Gasteiger partial charge is 0.339 e. The molecule has 2 rings (SSSR count). The Morgan fingerprint density at radius 3 is 1.44 bits per heavy atom. The number of aromatic carboxylic acids is 3. The van der Waals surface area contributed by atoms with Gasteiger partial charge in [0.05, 0.1) is 28.9 Å². The number of carbonyl (C=O) groups excluding carboxylic acids is 1. The van der Waals surface area contributed by atoms with Gasteiger partial charge in [-0.3, -0.25) is 0 Å². The van der Waals surface area contributed by atoms with E-state index in [1.807, 2.05) is 0 Å². The number of hydrogen-bond donors (Lipinski definition) is 3. The third kappa shape index (κ3) is 8.99. The van der Waals surface area contributed by atoms with Crippen LogP contribution >= 0.6 is 0 Å². The molecule has 0 amide bonds. The molecule has 0 aliphatic carbocycles. The zero-order valence-electron chi connectivity index (χ0n) is 18.0. The van der Waals surface area contributed by atoms with Gasteiger partial charge in [-0.2, -0.15) is 0 Å². The van der Waals surface area contributed by atoms with Crippen LogP contribution in [-0.4, -0.2) is 45.8 Å². The summed E-state index contributed by atoms with van der Waals surface area (Å²) in [7, 11) is 0. The van der Waals surface area contributed by atoms with E-state index in [0.717, 1.165) is 19.3 Å². The van der Waals surface area contributed by atoms with E-state index in [0.29, 0.717) is 6.61 Å². The molecule has 2 aromatic rings. The fourth-order valence-corrected chi connectivity index (χ4v) is 2.83. The van der Waals surface area contributed by atoms with Gasteiger partial charge in [-0.25, -0.2) is 19.2 Å². The van der Waals surface area contributed by atoms with E-state index in [1.54, 1.807) is 12.1 Å². The summed E-state index contributed by atoms with van der Waals surface area (Å²) in [5.41, 5.74) is -0.276. The van der Waals surface area contributed by atoms with Crippen molar-refractivity contribution in [3.05, 3.63) is 70.8 Å². The number of carboxylic acid groups (broad SMARTS) is 3. The first-order valence-electron chi connectivity index (χ1n) is 10.3. The second-order valence-corrected chi connectivity index (χ2v) is 6.91. The van der Waals surface area contributed by atoms with Crippen LogP contribution in [0.3, 0.4) is 0 Å². The second-order valence-electron chi connectivity index (χ2n) is 6.91. The molecular formula is C24H28O8. The molecule has 0 aliphatic heterocycles. The molecular weight excluding hydrogens is 416 g/mol. The van der Waals surface area contributed by atoms with Crippen LogP contribution in [0.5, 0.6) is 0 Å². The molecule has 172 valence electrons. The summed E-state index contributed by atoms with van der Waals surface area (Å²) in [6.07, 6.45) is 6.68. The topological polar surface area (TPSA) is 138 Å². The van der Waals surface area contributed by atoms with E-state index in [2.05, 4.69) is 6.92 Å². The van der Waals surface area contributed by atoms with Gasteiger partial charge in [-0.15, -0.1) is 0 Å². The molecule has 3 N–H and O–H groups in total. The molecule has 0 unspecified atom stereocenters. The standard InChI is InChI=1S/C16H22O4.C8H6O4/c1-2-3-4-5-6-9-12-20-16(19)14-11-8-7-10-13(14)15(17)18;9-7(10)5-3-1-2-4-6(5)8(11)12/h7-8,10-11H,2-6,9,12H2,1H3,(H,17,18);1-4H,(H,9,10)(H,11,12). The highest BCUT2D eigenvalue weighted by Crippen LogP contribution is 2.11. The number of rotatable bonds is 11. The molecule has 0 saturated carbocycles. The first kappa shape index (κ1) is 26.4. The zero-order valence-corrected chi connectivity index (χ0v) is 18.0. The van der Waals surface area contributed by atoms with Crippen molar-refractivity contribution in [2.24, 2.45) is 0 Å². The van der Waals surface area contributed by atoms with Crippen molar-refractivity contribution in [2.75, 3.05) is 6.61 Å². The van der Waals surface area contributed by atoms with Gasteiger partial charge in [0.25, 0.3) is 0 Å². The van der Waals surface area contributed by atoms with Gasteiger partial charge in [0.2, 0.25) is 0 Å². The Labute approximate surface area is 186 Å². The highest BCUT2D eigenvalue weighted by Gasteiger charge is 2.16. The maximum atomic E-state index is 11.8. The predicted octanol–water partition coefficient (Wildman–Crippen LogP) is 4.99. The maximum absolute atomic E-state index is 11.8. The number of carboxylic acids is 3. The van der Waals surface area contributed by atoms with Crippen LogP contribution in [0, 0.1) is 0 Å². The Balaban J connectivity index is 0.000000363. The van der Waals surface area contributed by atoms with Crippen LogP contribution in [0.4, 0.5) is 0 Å². The molecule has 0 saturated heterocycles. The molecule has 8 heteroatoms. The fraction of sp³-hybridized carbons (Fsp3) is 0.333. The largest absolute Gasteiger partial charge is 0.478 e. The Morgan fingerprint density at radius 2 is 1.00 bits per heavy atom. The average molecular weight is 444 g/mol. The third-order valence-electron chi connectivity index (χ3n) is 4.50. The molecule has 0 fully saturated rings. The van der Waals surface area contributed by atoms with E-state index in [4.69, 9.17) is 20.1 Å². The van der Waals surface area contributed by atoms with Gasteiger partial charge in [0, 0.05) is 0 Å². The first-order valence-corrected chi connectivity index (χ1v) is 10.3. The van der Waals surface area contributed by atoms with Crippen molar-refractivity contribution in [1.82, 2.24) is 0 Å². The minimum absolute atomic E-state index is 0.0135. The number of unbranched alkanes of at least 4 members (excludes halogenated alkanes) is 5. The lowest BCUT2D eigenvalue weighted by Gasteiger charge is -2.07. The number of hydrogen-bond acceptors (Lipinski definition) is 5. The Morgan fingerprint density at radius 1 is 0.625 bits per heavy atom. The van der Waals surface area contributed by atoms with Gasteiger partial charge in [0.15, 0.2) is 0 Å². The van der Waals surface area contributed by atoms with Crippen LogP contribution in [0.25, 0.3) is 0 Å². The second kappa shape index (κ2) is 14.3. The Bertz CT molecular complexity index is 887. The quantitative estimate of drug-likeness (QED) is 0.326. The minimum Gasteiger partial charge on any atom is -0.478 e. The summed E-state index contributed by atoms with van der Waals surface area (Å²) in [6.45, 7) is 2.51. The lowest BCUT2D eigenvalue weighted by Crippen LogP contribution is -2.12. The molecule has 32 heavy (non-hydrogen) atoms. The van der Waals surface area contributed by atoms with Crippen LogP contribution in [0.15, 0.2) is 48.5 Å². The van der Waals surface area contributed by atoms with Crippen molar-refractivity contribution < 1.29 is 39.2 Å². The van der Waals surface area contributed by atoms with Crippen molar-refractivity contribution in [3.8, 4) is 0 Å². The van der Waals surface area contributed by atoms with Crippen molar-refractivity contribution >= 4 is 23.9 Å². The van der Waals surface area contributed by atoms with E-state index < -0.39 is 23.9 Å². The van der Waals surface area contributed by atoms with Gasteiger partial charge in [-0.05, 0) is 30.7 Å². The predicted molar refractivity (Wildman–Crippen MR) is 117 cm³/mol. The lowest BCUT2D eigenvalue weighted by atomic mass is 10.1. The van der Waals surface area contributed by atoms with Crippen LogP contribution in [0.2, 0.25) is 0 Å². The number of esters is 1. The van der Waals surface area contributed by atoms with Crippen molar-refractivity contribution in [3.63, 3.8) is 0 Å². The Kier molecular flexibility index (Phi) is 11.8. The van der Waals surface area contributed by atoms with Gasteiger partial charge < -0.3 is 20.1 Å². The average Bonchev–Trinajstić information content (AvgIpc) is 2.78. The highest BCUT2D eigenvalue weighted by atomic mass is 16.5. The normalized spacial score (nSPS) is 9.91. The fourth-order valence-electron chi connectivity index (χ4n) is 2.83. The molecule has 8 nitrogen and oxygen atoms in total. The van der Waals surface area contributed by atoms with Gasteiger partial charge in [-0.1, -0.05) is 63.3 Å². The molecule has 0 radical (unpaired) electrons. The molecule has 0 aliphatic rings. The minimum atomic E-state index is -1.23. The molecule has 0 spiro atoms. The van der Waals surface area contributed by atoms with E-state index in [1.165, 1.54) is 55.7 Å². The highest BCUT2D eigenvalue weighted by molar-refractivity contribution is 6.02. The van der Waals surface area contributed by atoms with Gasteiger partial charge in [0.1, 0.15) is 0 Å². The number of carbonyl (C=O) groups is 4. The van der Waals surface area contributed by atoms with Crippen LogP contribution in [0.1, 0.15) is 86.9 Å². The van der Waals surface area contributed by atoms with Crippen molar-refractivity contribution in [1.29, 1.82) is 0 Å². The SMILES string of the molecule is CCCCCCCCOC(=O)c1ccccc1C(=O)O.O=C(O)c1ccccc1C(=O)O.